The molecule has 0 radical (unpaired) electrons. The molecule has 2 N–H and O–H groups in total. The third kappa shape index (κ3) is 13.4. The van der Waals surface area contributed by atoms with Gasteiger partial charge in [0.05, 0.1) is 25.3 Å². The monoisotopic (exact) mass is 673 g/mol. The molecule has 1 aromatic carbocycles. The lowest BCUT2D eigenvalue weighted by Gasteiger charge is -2.38. The van der Waals surface area contributed by atoms with Gasteiger partial charge in [-0.25, -0.2) is 14.6 Å². The fraction of sp³-hybridized carbons (Fsp3) is 0.576. The second-order valence-corrected chi connectivity index (χ2v) is 21.0. The van der Waals surface area contributed by atoms with Crippen molar-refractivity contribution in [2.45, 2.75) is 91.4 Å². The lowest BCUT2D eigenvalue weighted by Crippen LogP contribution is -2.49. The van der Waals surface area contributed by atoms with E-state index in [1.54, 1.807) is 26.8 Å². The third-order valence-corrected chi connectivity index (χ3v) is 9.23. The van der Waals surface area contributed by atoms with Gasteiger partial charge in [0, 0.05) is 50.9 Å². The largest absolute Gasteiger partial charge is 0.460 e. The summed E-state index contributed by atoms with van der Waals surface area (Å²) < 4.78 is 16.2. The fourth-order valence-corrected chi connectivity index (χ4v) is 5.91. The van der Waals surface area contributed by atoms with E-state index in [0.717, 1.165) is 41.1 Å². The molecular weight excluding hydrogens is 623 g/mol. The molecule has 254 valence electrons. The number of amides is 2. The number of hydrogen-bond donors (Lipinski definition) is 2. The van der Waals surface area contributed by atoms with Crippen LogP contribution in [0.2, 0.25) is 25.7 Å². The van der Waals surface area contributed by atoms with Gasteiger partial charge in [-0.3, -0.25) is 10.1 Å². The summed E-state index contributed by atoms with van der Waals surface area (Å²) in [6.45, 7) is 21.1. The van der Waals surface area contributed by atoms with Gasteiger partial charge < -0.3 is 29.3 Å². The number of thiazole rings is 1. The van der Waals surface area contributed by atoms with Gasteiger partial charge in [-0.1, -0.05) is 31.8 Å². The van der Waals surface area contributed by atoms with Crippen LogP contribution in [0.1, 0.15) is 53.0 Å². The Morgan fingerprint density at radius 3 is 2.15 bits per heavy atom. The summed E-state index contributed by atoms with van der Waals surface area (Å²) in [7, 11) is -1.25. The fourth-order valence-electron chi connectivity index (χ4n) is 4.45. The van der Waals surface area contributed by atoms with Crippen molar-refractivity contribution >= 4 is 43.3 Å². The van der Waals surface area contributed by atoms with E-state index in [9.17, 15) is 14.4 Å². The Kier molecular flexibility index (Phi) is 12.7. The molecule has 0 spiro atoms. The van der Waals surface area contributed by atoms with Crippen LogP contribution in [0.15, 0.2) is 41.5 Å². The van der Waals surface area contributed by atoms with Crippen molar-refractivity contribution in [3.63, 3.8) is 0 Å². The molecule has 0 atom stereocenters. The minimum Gasteiger partial charge on any atom is -0.460 e. The number of piperazine rings is 1. The number of esters is 1. The summed E-state index contributed by atoms with van der Waals surface area (Å²) in [4.78, 5) is 46.0. The number of alkyl carbamates (subject to hydrolysis) is 2. The molecule has 13 heteroatoms. The molecular formula is C33H51N5O6SSi. The van der Waals surface area contributed by atoms with Gasteiger partial charge in [0.2, 0.25) is 0 Å². The molecule has 0 saturated carbocycles. The minimum atomic E-state index is -1.25. The molecule has 1 aromatic heterocycles. The van der Waals surface area contributed by atoms with E-state index in [1.807, 2.05) is 31.1 Å². The number of hydrogen-bond acceptors (Lipinski definition) is 10. The lowest BCUT2D eigenvalue weighted by molar-refractivity contribution is -0.153. The van der Waals surface area contributed by atoms with Crippen molar-refractivity contribution in [3.8, 4) is 11.3 Å². The van der Waals surface area contributed by atoms with E-state index < -0.39 is 31.5 Å². The number of carbonyl (C=O) groups is 3. The number of nitrogens with zero attached hydrogens (tertiary/aromatic N) is 3. The first-order valence-corrected chi connectivity index (χ1v) is 20.3. The Morgan fingerprint density at radius 1 is 0.935 bits per heavy atom. The number of nitrogens with one attached hydrogen (secondary N) is 2. The summed E-state index contributed by atoms with van der Waals surface area (Å²) in [6, 6.07) is 9.20. The minimum absolute atomic E-state index is 0.0290. The molecule has 3 rings (SSSR count). The Balaban J connectivity index is 1.56. The molecule has 1 fully saturated rings. The van der Waals surface area contributed by atoms with E-state index in [1.165, 1.54) is 11.3 Å². The van der Waals surface area contributed by atoms with Crippen LogP contribution in [-0.4, -0.2) is 80.1 Å². The topological polar surface area (TPSA) is 122 Å². The summed E-state index contributed by atoms with van der Waals surface area (Å²) in [5, 5.41) is 8.43. The van der Waals surface area contributed by atoms with Crippen LogP contribution in [0, 0.1) is 0 Å². The zero-order valence-corrected chi connectivity index (χ0v) is 30.6. The number of carbonyl (C=O) groups excluding carboxylic acids is 3. The molecule has 1 aliphatic heterocycles. The molecule has 46 heavy (non-hydrogen) atoms. The Morgan fingerprint density at radius 2 is 1.57 bits per heavy atom. The maximum Gasteiger partial charge on any atom is 0.413 e. The Bertz CT molecular complexity index is 1350. The molecule has 11 nitrogen and oxygen atoms in total. The summed E-state index contributed by atoms with van der Waals surface area (Å²) >= 11 is 1.50. The van der Waals surface area contributed by atoms with Crippen LogP contribution in [0.25, 0.3) is 11.3 Å². The van der Waals surface area contributed by atoms with E-state index in [-0.39, 0.29) is 12.4 Å². The van der Waals surface area contributed by atoms with Crippen LogP contribution in [0.5, 0.6) is 0 Å². The van der Waals surface area contributed by atoms with Crippen molar-refractivity contribution < 1.29 is 28.6 Å². The van der Waals surface area contributed by atoms with E-state index in [0.29, 0.717) is 32.1 Å². The molecule has 1 aliphatic rings. The molecule has 2 heterocycles. The normalized spacial score (nSPS) is 14.5. The van der Waals surface area contributed by atoms with Crippen molar-refractivity contribution in [1.29, 1.82) is 0 Å². The van der Waals surface area contributed by atoms with Gasteiger partial charge in [-0.05, 0) is 65.8 Å². The van der Waals surface area contributed by atoms with Crippen molar-refractivity contribution in [1.82, 2.24) is 20.5 Å². The zero-order chi connectivity index (χ0) is 34.1. The highest BCUT2D eigenvalue weighted by molar-refractivity contribution is 7.09. The predicted molar refractivity (Wildman–Crippen MR) is 186 cm³/mol. The maximum absolute atomic E-state index is 12.6. The van der Waals surface area contributed by atoms with Gasteiger partial charge >= 0.3 is 18.2 Å². The molecule has 0 unspecified atom stereocenters. The zero-order valence-electron chi connectivity index (χ0n) is 28.8. The number of aromatic nitrogens is 1. The third-order valence-electron chi connectivity index (χ3n) is 6.68. The number of anilines is 1. The van der Waals surface area contributed by atoms with Crippen LogP contribution in [0.3, 0.4) is 0 Å². The van der Waals surface area contributed by atoms with E-state index in [2.05, 4.69) is 64.4 Å². The summed E-state index contributed by atoms with van der Waals surface area (Å²) in [5.41, 5.74) is 1.70. The first kappa shape index (κ1) is 36.9. The average molecular weight is 674 g/mol. The standard InChI is InChI=1S/C33H51N5O6SSi/c1-32(2,3)43-29(39)15-14-27(36-31(41)44-33(4,5)6)38-18-16-37(17-19-38)25-12-10-24(11-13-25)26-23-45-28(35-26)22-34-30(40)42-20-21-46(7,8)9/h10-14,23H,15-22H2,1-9H3,(H,34,40)(H,36,41)/b27-14-. The second kappa shape index (κ2) is 15.8. The molecule has 1 saturated heterocycles. The molecule has 2 aromatic rings. The van der Waals surface area contributed by atoms with Crippen molar-refractivity contribution in [2.24, 2.45) is 0 Å². The van der Waals surface area contributed by atoms with Gasteiger partial charge in [0.1, 0.15) is 22.0 Å². The van der Waals surface area contributed by atoms with Crippen LogP contribution >= 0.6 is 11.3 Å². The highest BCUT2D eigenvalue weighted by Gasteiger charge is 2.24. The van der Waals surface area contributed by atoms with Crippen LogP contribution in [0.4, 0.5) is 15.3 Å². The van der Waals surface area contributed by atoms with Crippen molar-refractivity contribution in [3.05, 3.63) is 46.6 Å². The number of benzene rings is 1. The quantitative estimate of drug-likeness (QED) is 0.154. The predicted octanol–water partition coefficient (Wildman–Crippen LogP) is 6.59. The van der Waals surface area contributed by atoms with Crippen LogP contribution in [-0.2, 0) is 25.5 Å². The van der Waals surface area contributed by atoms with Gasteiger partial charge in [-0.15, -0.1) is 11.3 Å². The number of rotatable bonds is 11. The first-order valence-electron chi connectivity index (χ1n) is 15.7. The van der Waals surface area contributed by atoms with Gasteiger partial charge in [-0.2, -0.15) is 0 Å². The summed E-state index contributed by atoms with van der Waals surface area (Å²) in [5.74, 6) is 0.164. The molecule has 0 aliphatic carbocycles. The van der Waals surface area contributed by atoms with E-state index >= 15 is 0 Å². The van der Waals surface area contributed by atoms with Crippen LogP contribution < -0.4 is 15.5 Å². The first-order chi connectivity index (χ1) is 21.4. The van der Waals surface area contributed by atoms with Gasteiger partial charge in [0.25, 0.3) is 0 Å². The Labute approximate surface area is 278 Å². The maximum atomic E-state index is 12.6. The number of ether oxygens (including phenoxy) is 3. The highest BCUT2D eigenvalue weighted by Crippen LogP contribution is 2.26. The van der Waals surface area contributed by atoms with Crippen molar-refractivity contribution in [2.75, 3.05) is 37.7 Å². The SMILES string of the molecule is CC(C)(C)OC(=O)C/C=C(/NC(=O)OC(C)(C)C)N1CCN(c2ccc(-c3csc(CNC(=O)OCC[Si](C)(C)C)n3)cc2)CC1. The van der Waals surface area contributed by atoms with E-state index in [4.69, 9.17) is 14.2 Å². The molecule has 0 bridgehead atoms. The smallest absolute Gasteiger partial charge is 0.413 e. The summed E-state index contributed by atoms with van der Waals surface area (Å²) in [6.07, 6.45) is 0.740. The molecule has 2 amide bonds. The Hall–Kier alpha value is -3.58. The highest BCUT2D eigenvalue weighted by atomic mass is 32.1. The van der Waals surface area contributed by atoms with Gasteiger partial charge in [0.15, 0.2) is 0 Å². The lowest BCUT2D eigenvalue weighted by atomic mass is 10.1. The average Bonchev–Trinajstić information content (AvgIpc) is 3.41. The second-order valence-electron chi connectivity index (χ2n) is 14.5.